The lowest BCUT2D eigenvalue weighted by atomic mass is 10.2. The topological polar surface area (TPSA) is 53.1 Å². The van der Waals surface area contributed by atoms with Gasteiger partial charge in [-0.1, -0.05) is 0 Å². The monoisotopic (exact) mass is 257 g/mol. The van der Waals surface area contributed by atoms with Gasteiger partial charge in [0.1, 0.15) is 0 Å². The van der Waals surface area contributed by atoms with E-state index in [1.165, 1.54) is 0 Å². The van der Waals surface area contributed by atoms with E-state index in [9.17, 15) is 9.59 Å². The minimum Gasteiger partial charge on any atom is -0.378 e. The van der Waals surface area contributed by atoms with Crippen molar-refractivity contribution in [3.8, 4) is 0 Å². The first-order chi connectivity index (χ1) is 8.43. The molecule has 1 aliphatic rings. The van der Waals surface area contributed by atoms with Gasteiger partial charge >= 0.3 is 0 Å². The molecule has 0 saturated carbocycles. The van der Waals surface area contributed by atoms with Crippen molar-refractivity contribution in [1.29, 1.82) is 0 Å². The molecule has 0 aromatic heterocycles. The summed E-state index contributed by atoms with van der Waals surface area (Å²) in [6, 6.07) is -0.287. The average Bonchev–Trinajstić information content (AvgIpc) is 2.37. The van der Waals surface area contributed by atoms with Gasteiger partial charge in [0.15, 0.2) is 0 Å². The van der Waals surface area contributed by atoms with E-state index >= 15 is 0 Å². The van der Waals surface area contributed by atoms with Crippen molar-refractivity contribution in [3.63, 3.8) is 0 Å². The van der Waals surface area contributed by atoms with Crippen LogP contribution in [0.2, 0.25) is 0 Å². The maximum Gasteiger partial charge on any atom is 0.239 e. The van der Waals surface area contributed by atoms with Crippen molar-refractivity contribution < 1.29 is 14.3 Å². The number of carbonyl (C=O) groups is 2. The summed E-state index contributed by atoms with van der Waals surface area (Å²) in [5, 5.41) is 0. The van der Waals surface area contributed by atoms with Crippen LogP contribution in [0.3, 0.4) is 0 Å². The van der Waals surface area contributed by atoms with Gasteiger partial charge in [0, 0.05) is 27.2 Å². The molecule has 1 fully saturated rings. The van der Waals surface area contributed by atoms with E-state index in [0.29, 0.717) is 26.3 Å². The molecule has 0 N–H and O–H groups in total. The highest BCUT2D eigenvalue weighted by Crippen LogP contribution is 2.03. The molecule has 18 heavy (non-hydrogen) atoms. The first kappa shape index (κ1) is 14.9. The Bertz CT molecular complexity index is 301. The van der Waals surface area contributed by atoms with E-state index in [0.717, 1.165) is 0 Å². The lowest BCUT2D eigenvalue weighted by molar-refractivity contribution is -0.139. The number of carbonyl (C=O) groups excluding carboxylic acids is 2. The molecular formula is C12H23N3O3. The molecule has 104 valence electrons. The largest absolute Gasteiger partial charge is 0.378 e. The average molecular weight is 257 g/mol. The summed E-state index contributed by atoms with van der Waals surface area (Å²) in [7, 11) is 5.23. The van der Waals surface area contributed by atoms with Crippen LogP contribution in [-0.4, -0.2) is 86.5 Å². The Labute approximate surface area is 108 Å². The second-order valence-electron chi connectivity index (χ2n) is 4.82. The van der Waals surface area contributed by atoms with Crippen LogP contribution in [0.15, 0.2) is 0 Å². The highest BCUT2D eigenvalue weighted by atomic mass is 16.5. The molecule has 1 saturated heterocycles. The molecule has 1 rings (SSSR count). The van der Waals surface area contributed by atoms with E-state index in [-0.39, 0.29) is 24.4 Å². The minimum atomic E-state index is -0.287. The van der Waals surface area contributed by atoms with Crippen LogP contribution in [-0.2, 0) is 14.3 Å². The number of ether oxygens (including phenoxy) is 1. The zero-order valence-corrected chi connectivity index (χ0v) is 11.7. The van der Waals surface area contributed by atoms with Gasteiger partial charge < -0.3 is 14.5 Å². The Hall–Kier alpha value is -1.14. The van der Waals surface area contributed by atoms with Gasteiger partial charge in [0.2, 0.25) is 11.8 Å². The van der Waals surface area contributed by atoms with E-state index in [2.05, 4.69) is 0 Å². The van der Waals surface area contributed by atoms with E-state index in [1.54, 1.807) is 35.8 Å². The fourth-order valence-corrected chi connectivity index (χ4v) is 1.83. The third kappa shape index (κ3) is 3.96. The zero-order chi connectivity index (χ0) is 13.7. The number of hydrogen-bond donors (Lipinski definition) is 0. The molecule has 1 atom stereocenters. The SMILES string of the molecule is CC(C(=O)N(C)C)N(C)CC(=O)N1CCOCC1. The lowest BCUT2D eigenvalue weighted by Crippen LogP contribution is -2.49. The van der Waals surface area contributed by atoms with Crippen molar-refractivity contribution in [2.45, 2.75) is 13.0 Å². The molecule has 0 spiro atoms. The molecular weight excluding hydrogens is 234 g/mol. The van der Waals surface area contributed by atoms with Crippen molar-refractivity contribution in [2.75, 3.05) is 54.0 Å². The van der Waals surface area contributed by atoms with E-state index in [1.807, 2.05) is 6.92 Å². The Morgan fingerprint density at radius 3 is 2.28 bits per heavy atom. The van der Waals surface area contributed by atoms with Crippen LogP contribution in [0.4, 0.5) is 0 Å². The molecule has 1 unspecified atom stereocenters. The molecule has 0 bridgehead atoms. The first-order valence-electron chi connectivity index (χ1n) is 6.20. The molecule has 1 heterocycles. The quantitative estimate of drug-likeness (QED) is 0.665. The fraction of sp³-hybridized carbons (Fsp3) is 0.833. The van der Waals surface area contributed by atoms with Gasteiger partial charge in [0.05, 0.1) is 25.8 Å². The maximum atomic E-state index is 12.0. The van der Waals surface area contributed by atoms with Crippen molar-refractivity contribution in [1.82, 2.24) is 14.7 Å². The predicted molar refractivity (Wildman–Crippen MR) is 68.2 cm³/mol. The molecule has 0 aromatic rings. The van der Waals surface area contributed by atoms with Crippen LogP contribution in [0.1, 0.15) is 6.92 Å². The van der Waals surface area contributed by atoms with E-state index < -0.39 is 0 Å². The Morgan fingerprint density at radius 2 is 1.78 bits per heavy atom. The summed E-state index contributed by atoms with van der Waals surface area (Å²) >= 11 is 0. The summed E-state index contributed by atoms with van der Waals surface area (Å²) in [4.78, 5) is 28.9. The summed E-state index contributed by atoms with van der Waals surface area (Å²) in [6.45, 7) is 4.56. The summed E-state index contributed by atoms with van der Waals surface area (Å²) in [6.07, 6.45) is 0. The van der Waals surface area contributed by atoms with Gasteiger partial charge in [-0.3, -0.25) is 14.5 Å². The van der Waals surface area contributed by atoms with Gasteiger partial charge in [-0.05, 0) is 14.0 Å². The molecule has 6 heteroatoms. The second kappa shape index (κ2) is 6.70. The number of amides is 2. The standard InChI is InChI=1S/C12H23N3O3/c1-10(12(17)13(2)3)14(4)9-11(16)15-5-7-18-8-6-15/h10H,5-9H2,1-4H3. The first-order valence-corrected chi connectivity index (χ1v) is 6.20. The Kier molecular flexibility index (Phi) is 5.55. The smallest absolute Gasteiger partial charge is 0.239 e. The van der Waals surface area contributed by atoms with Crippen LogP contribution in [0.5, 0.6) is 0 Å². The zero-order valence-electron chi connectivity index (χ0n) is 11.7. The minimum absolute atomic E-state index is 0.00674. The van der Waals surface area contributed by atoms with Crippen molar-refractivity contribution >= 4 is 11.8 Å². The lowest BCUT2D eigenvalue weighted by Gasteiger charge is -2.31. The third-order valence-corrected chi connectivity index (χ3v) is 3.21. The van der Waals surface area contributed by atoms with Crippen LogP contribution >= 0.6 is 0 Å². The van der Waals surface area contributed by atoms with Gasteiger partial charge in [-0.2, -0.15) is 0 Å². The molecule has 0 aromatic carbocycles. The molecule has 1 aliphatic heterocycles. The van der Waals surface area contributed by atoms with Crippen molar-refractivity contribution in [3.05, 3.63) is 0 Å². The van der Waals surface area contributed by atoms with E-state index in [4.69, 9.17) is 4.74 Å². The fourth-order valence-electron chi connectivity index (χ4n) is 1.83. The Morgan fingerprint density at radius 1 is 1.22 bits per heavy atom. The van der Waals surface area contributed by atoms with Gasteiger partial charge in [0.25, 0.3) is 0 Å². The number of morpholine rings is 1. The van der Waals surface area contributed by atoms with Crippen LogP contribution in [0, 0.1) is 0 Å². The third-order valence-electron chi connectivity index (χ3n) is 3.21. The molecule has 2 amide bonds. The number of nitrogens with zero attached hydrogens (tertiary/aromatic N) is 3. The molecule has 0 aliphatic carbocycles. The summed E-state index contributed by atoms with van der Waals surface area (Å²) in [5.74, 6) is 0.0616. The molecule has 6 nitrogen and oxygen atoms in total. The summed E-state index contributed by atoms with van der Waals surface area (Å²) < 4.78 is 5.20. The van der Waals surface area contributed by atoms with Gasteiger partial charge in [-0.25, -0.2) is 0 Å². The number of likely N-dealkylation sites (N-methyl/N-ethyl adjacent to an activating group) is 2. The normalized spacial score (nSPS) is 17.7. The van der Waals surface area contributed by atoms with Crippen LogP contribution < -0.4 is 0 Å². The van der Waals surface area contributed by atoms with Crippen molar-refractivity contribution in [2.24, 2.45) is 0 Å². The highest BCUT2D eigenvalue weighted by molar-refractivity contribution is 5.83. The predicted octanol–water partition coefficient (Wildman–Crippen LogP) is -0.746. The number of rotatable bonds is 4. The highest BCUT2D eigenvalue weighted by Gasteiger charge is 2.24. The van der Waals surface area contributed by atoms with Gasteiger partial charge in [-0.15, -0.1) is 0 Å². The number of hydrogen-bond acceptors (Lipinski definition) is 4. The Balaban J connectivity index is 2.45. The molecule has 0 radical (unpaired) electrons. The summed E-state index contributed by atoms with van der Waals surface area (Å²) in [5.41, 5.74) is 0. The second-order valence-corrected chi connectivity index (χ2v) is 4.82. The maximum absolute atomic E-state index is 12.0. The van der Waals surface area contributed by atoms with Crippen LogP contribution in [0.25, 0.3) is 0 Å².